The lowest BCUT2D eigenvalue weighted by Crippen LogP contribution is -2.32. The minimum Gasteiger partial charge on any atom is -0.454 e. The van der Waals surface area contributed by atoms with Crippen molar-refractivity contribution >= 4 is 16.8 Å². The predicted molar refractivity (Wildman–Crippen MR) is 118 cm³/mol. The van der Waals surface area contributed by atoms with Gasteiger partial charge in [0.25, 0.3) is 0 Å². The Morgan fingerprint density at radius 1 is 1.20 bits per heavy atom. The summed E-state index contributed by atoms with van der Waals surface area (Å²) in [6.07, 6.45) is 3.37. The van der Waals surface area contributed by atoms with Crippen molar-refractivity contribution in [1.82, 2.24) is 15.2 Å². The van der Waals surface area contributed by atoms with E-state index in [1.807, 2.05) is 38.5 Å². The van der Waals surface area contributed by atoms with Gasteiger partial charge in [0.2, 0.25) is 12.7 Å². The van der Waals surface area contributed by atoms with Gasteiger partial charge in [-0.3, -0.25) is 4.79 Å². The number of carbonyl (C=O) groups is 1. The molecule has 6 nitrogen and oxygen atoms in total. The number of H-pyrrole nitrogens is 1. The Morgan fingerprint density at radius 3 is 2.83 bits per heavy atom. The van der Waals surface area contributed by atoms with E-state index in [4.69, 9.17) is 9.47 Å². The Balaban J connectivity index is 1.68. The number of hydrogen-bond donors (Lipinski definition) is 2. The molecule has 158 valence electrons. The molecule has 0 saturated heterocycles. The van der Waals surface area contributed by atoms with Crippen LogP contribution in [0.4, 0.5) is 0 Å². The predicted octanol–water partition coefficient (Wildman–Crippen LogP) is 3.66. The summed E-state index contributed by atoms with van der Waals surface area (Å²) in [4.78, 5) is 18.3. The van der Waals surface area contributed by atoms with E-state index in [1.165, 1.54) is 5.56 Å². The molecule has 1 aliphatic rings. The van der Waals surface area contributed by atoms with Crippen LogP contribution in [0.2, 0.25) is 0 Å². The van der Waals surface area contributed by atoms with E-state index in [0.29, 0.717) is 13.0 Å². The minimum absolute atomic E-state index is 0.0421. The van der Waals surface area contributed by atoms with E-state index in [2.05, 4.69) is 40.3 Å². The van der Waals surface area contributed by atoms with Crippen molar-refractivity contribution in [3.63, 3.8) is 0 Å². The van der Waals surface area contributed by atoms with Crippen molar-refractivity contribution in [3.8, 4) is 11.5 Å². The maximum absolute atomic E-state index is 12.8. The third kappa shape index (κ3) is 4.14. The molecule has 1 atom stereocenters. The molecule has 0 aliphatic carbocycles. The third-order valence-electron chi connectivity index (χ3n) is 5.66. The zero-order valence-electron chi connectivity index (χ0n) is 17.8. The number of fused-ring (bicyclic) bond motifs is 2. The topological polar surface area (TPSA) is 66.6 Å². The van der Waals surface area contributed by atoms with Gasteiger partial charge in [-0.05, 0) is 49.3 Å². The van der Waals surface area contributed by atoms with Crippen molar-refractivity contribution in [2.24, 2.45) is 0 Å². The summed E-state index contributed by atoms with van der Waals surface area (Å²) in [6.45, 7) is 3.84. The van der Waals surface area contributed by atoms with Crippen LogP contribution in [0.15, 0.2) is 42.6 Å². The second-order valence-electron chi connectivity index (χ2n) is 7.96. The lowest BCUT2D eigenvalue weighted by Gasteiger charge is -2.18. The Bertz CT molecular complexity index is 1040. The second kappa shape index (κ2) is 8.79. The van der Waals surface area contributed by atoms with Gasteiger partial charge in [-0.15, -0.1) is 0 Å². The van der Waals surface area contributed by atoms with E-state index >= 15 is 0 Å². The molecule has 4 rings (SSSR count). The van der Waals surface area contributed by atoms with Gasteiger partial charge in [-0.25, -0.2) is 0 Å². The first-order valence-electron chi connectivity index (χ1n) is 10.5. The number of likely N-dealkylation sites (N-methyl/N-ethyl adjacent to an activating group) is 1. The Kier molecular flexibility index (Phi) is 5.95. The van der Waals surface area contributed by atoms with Gasteiger partial charge < -0.3 is 24.7 Å². The van der Waals surface area contributed by atoms with Crippen LogP contribution in [-0.2, 0) is 11.2 Å². The molecule has 30 heavy (non-hydrogen) atoms. The van der Waals surface area contributed by atoms with Gasteiger partial charge in [-0.1, -0.05) is 31.2 Å². The zero-order chi connectivity index (χ0) is 21.1. The first-order valence-corrected chi connectivity index (χ1v) is 10.5. The lowest BCUT2D eigenvalue weighted by atomic mass is 9.87. The smallest absolute Gasteiger partial charge is 0.231 e. The molecular formula is C24H29N3O3. The number of aromatic nitrogens is 1. The fourth-order valence-corrected chi connectivity index (χ4v) is 4.04. The fourth-order valence-electron chi connectivity index (χ4n) is 4.04. The molecule has 2 aromatic carbocycles. The molecule has 2 heterocycles. The van der Waals surface area contributed by atoms with Gasteiger partial charge in [0.1, 0.15) is 0 Å². The van der Waals surface area contributed by atoms with Crippen molar-refractivity contribution < 1.29 is 14.3 Å². The van der Waals surface area contributed by atoms with Crippen LogP contribution in [0.1, 0.15) is 36.0 Å². The van der Waals surface area contributed by atoms with Gasteiger partial charge in [0.15, 0.2) is 11.5 Å². The summed E-state index contributed by atoms with van der Waals surface area (Å²) in [7, 11) is 4.00. The molecule has 1 aliphatic heterocycles. The van der Waals surface area contributed by atoms with Crippen LogP contribution in [0, 0.1) is 0 Å². The average Bonchev–Trinajstić information content (AvgIpc) is 3.38. The highest BCUT2D eigenvalue weighted by atomic mass is 16.7. The number of carbonyl (C=O) groups excluding carboxylic acids is 1. The van der Waals surface area contributed by atoms with E-state index in [1.54, 1.807) is 0 Å². The highest BCUT2D eigenvalue weighted by Gasteiger charge is 2.24. The third-order valence-corrected chi connectivity index (χ3v) is 5.66. The number of nitrogens with one attached hydrogen (secondary N) is 2. The molecule has 0 fully saturated rings. The first kappa shape index (κ1) is 20.3. The summed E-state index contributed by atoms with van der Waals surface area (Å²) in [5, 5.41) is 4.22. The van der Waals surface area contributed by atoms with Crippen LogP contribution in [0.25, 0.3) is 10.9 Å². The average molecular weight is 408 g/mol. The number of aromatic amines is 1. The molecule has 0 radical (unpaired) electrons. The standard InChI is InChI=1S/C24H29N3O3/c1-4-16-6-5-7-18-20(14-26-24(16)18)19(13-23(28)25-10-11-27(2)3)17-8-9-21-22(12-17)30-15-29-21/h5-9,12,14,19,26H,4,10-11,13,15H2,1-3H3,(H,25,28)/t19-/m0/s1. The number of aryl methyl sites for hydroxylation is 1. The Hall–Kier alpha value is -2.99. The molecule has 0 unspecified atom stereocenters. The van der Waals surface area contributed by atoms with Crippen LogP contribution >= 0.6 is 0 Å². The first-order chi connectivity index (χ1) is 14.6. The highest BCUT2D eigenvalue weighted by molar-refractivity contribution is 5.88. The van der Waals surface area contributed by atoms with Crippen LogP contribution in [-0.4, -0.2) is 49.8 Å². The summed E-state index contributed by atoms with van der Waals surface area (Å²) >= 11 is 0. The summed E-state index contributed by atoms with van der Waals surface area (Å²) < 4.78 is 11.1. The van der Waals surface area contributed by atoms with E-state index in [0.717, 1.165) is 46.5 Å². The SMILES string of the molecule is CCc1cccc2c([C@@H](CC(=O)NCCN(C)C)c3ccc4c(c3)OCO4)c[nH]c12. The van der Waals surface area contributed by atoms with Gasteiger partial charge in [0, 0.05) is 42.5 Å². The number of benzene rings is 2. The van der Waals surface area contributed by atoms with E-state index < -0.39 is 0 Å². The minimum atomic E-state index is -0.0836. The molecule has 0 bridgehead atoms. The van der Waals surface area contributed by atoms with Gasteiger partial charge in [0.05, 0.1) is 0 Å². The Morgan fingerprint density at radius 2 is 2.03 bits per heavy atom. The number of nitrogens with zero attached hydrogens (tertiary/aromatic N) is 1. The number of amides is 1. The second-order valence-corrected chi connectivity index (χ2v) is 7.96. The van der Waals surface area contributed by atoms with Gasteiger partial charge >= 0.3 is 0 Å². The maximum Gasteiger partial charge on any atom is 0.231 e. The van der Waals surface area contributed by atoms with Crippen LogP contribution in [0.5, 0.6) is 11.5 Å². The normalized spacial score (nSPS) is 13.7. The summed E-state index contributed by atoms with van der Waals surface area (Å²) in [5.74, 6) is 1.44. The highest BCUT2D eigenvalue weighted by Crippen LogP contribution is 2.39. The van der Waals surface area contributed by atoms with Crippen LogP contribution in [0.3, 0.4) is 0 Å². The summed E-state index contributed by atoms with van der Waals surface area (Å²) in [6, 6.07) is 12.3. The summed E-state index contributed by atoms with van der Waals surface area (Å²) in [5.41, 5.74) is 4.60. The molecule has 3 aromatic rings. The molecule has 1 amide bonds. The molecular weight excluding hydrogens is 378 g/mol. The van der Waals surface area contributed by atoms with Gasteiger partial charge in [-0.2, -0.15) is 0 Å². The maximum atomic E-state index is 12.8. The fraction of sp³-hybridized carbons (Fsp3) is 0.375. The largest absolute Gasteiger partial charge is 0.454 e. The van der Waals surface area contributed by atoms with Crippen molar-refractivity contribution in [2.45, 2.75) is 25.7 Å². The zero-order valence-corrected chi connectivity index (χ0v) is 17.8. The van der Waals surface area contributed by atoms with Crippen molar-refractivity contribution in [3.05, 3.63) is 59.3 Å². The molecule has 0 saturated carbocycles. The number of rotatable bonds is 8. The number of hydrogen-bond acceptors (Lipinski definition) is 4. The quantitative estimate of drug-likeness (QED) is 0.598. The molecule has 6 heteroatoms. The van der Waals surface area contributed by atoms with Crippen molar-refractivity contribution in [2.75, 3.05) is 34.0 Å². The lowest BCUT2D eigenvalue weighted by molar-refractivity contribution is -0.121. The van der Waals surface area contributed by atoms with Crippen molar-refractivity contribution in [1.29, 1.82) is 0 Å². The number of ether oxygens (including phenoxy) is 2. The molecule has 0 spiro atoms. The Labute approximate surface area is 177 Å². The van der Waals surface area contributed by atoms with Crippen LogP contribution < -0.4 is 14.8 Å². The van der Waals surface area contributed by atoms with E-state index in [-0.39, 0.29) is 18.6 Å². The molecule has 1 aromatic heterocycles. The van der Waals surface area contributed by atoms with E-state index in [9.17, 15) is 4.79 Å². The number of para-hydroxylation sites is 1. The monoisotopic (exact) mass is 407 g/mol. The molecule has 2 N–H and O–H groups in total.